The Morgan fingerprint density at radius 2 is 1.79 bits per heavy atom. The fourth-order valence-electron chi connectivity index (χ4n) is 3.42. The van der Waals surface area contributed by atoms with Crippen molar-refractivity contribution in [3.63, 3.8) is 0 Å². The van der Waals surface area contributed by atoms with Crippen LogP contribution >= 0.6 is 0 Å². The summed E-state index contributed by atoms with van der Waals surface area (Å²) in [6.45, 7) is 6.39. The Hall–Kier alpha value is -2.17. The van der Waals surface area contributed by atoms with Crippen molar-refractivity contribution < 1.29 is 21.6 Å². The molecule has 2 aromatic rings. The molecule has 0 unspecified atom stereocenters. The Balaban J connectivity index is 1.80. The fourth-order valence-corrected chi connectivity index (χ4v) is 4.18. The molecule has 2 heterocycles. The van der Waals surface area contributed by atoms with Crippen LogP contribution in [0.25, 0.3) is 0 Å². The van der Waals surface area contributed by atoms with Crippen LogP contribution in [0.5, 0.6) is 0 Å². The summed E-state index contributed by atoms with van der Waals surface area (Å²) in [6, 6.07) is 6.76. The van der Waals surface area contributed by atoms with E-state index in [2.05, 4.69) is 23.7 Å². The van der Waals surface area contributed by atoms with E-state index in [4.69, 9.17) is 5.73 Å². The normalized spacial score (nSPS) is 17.7. The van der Waals surface area contributed by atoms with Gasteiger partial charge in [-0.2, -0.15) is 13.2 Å². The number of hydrogen-bond donors (Lipinski definition) is 1. The van der Waals surface area contributed by atoms with Gasteiger partial charge in [0.05, 0.1) is 11.6 Å². The Kier molecular flexibility index (Phi) is 5.63. The molecule has 29 heavy (non-hydrogen) atoms. The van der Waals surface area contributed by atoms with E-state index < -0.39 is 20.2 Å². The number of nitrogens with zero attached hydrogens (tertiary/aromatic N) is 3. The van der Waals surface area contributed by atoms with E-state index >= 15 is 0 Å². The number of nitrogens with two attached hydrogens (primary N) is 1. The van der Waals surface area contributed by atoms with Gasteiger partial charge in [-0.15, -0.1) is 0 Å². The number of anilines is 1. The van der Waals surface area contributed by atoms with Gasteiger partial charge >= 0.3 is 5.51 Å². The number of hydrogen-bond acceptors (Lipinski definition) is 6. The number of rotatable bonds is 5. The van der Waals surface area contributed by atoms with Crippen molar-refractivity contribution in [2.75, 3.05) is 18.1 Å². The smallest absolute Gasteiger partial charge is 0.357 e. The molecule has 2 N–H and O–H groups in total. The summed E-state index contributed by atoms with van der Waals surface area (Å²) in [5.41, 5.74) is 2.97. The monoisotopic (exact) mass is 428 g/mol. The Bertz CT molecular complexity index is 976. The maximum absolute atomic E-state index is 12.7. The lowest BCUT2D eigenvalue weighted by Gasteiger charge is -2.30. The minimum absolute atomic E-state index is 0.203. The average Bonchev–Trinajstić information content (AvgIpc) is 2.96. The first-order valence-corrected chi connectivity index (χ1v) is 10.5. The predicted molar refractivity (Wildman–Crippen MR) is 104 cm³/mol. The summed E-state index contributed by atoms with van der Waals surface area (Å²) >= 11 is 0. The van der Waals surface area contributed by atoms with Gasteiger partial charge in [0.2, 0.25) is 0 Å². The van der Waals surface area contributed by atoms with E-state index in [0.717, 1.165) is 23.3 Å². The van der Waals surface area contributed by atoms with Gasteiger partial charge in [0.1, 0.15) is 0 Å². The lowest BCUT2D eigenvalue weighted by atomic mass is 10.0. The summed E-state index contributed by atoms with van der Waals surface area (Å²) in [4.78, 5) is 7.59. The molecular formula is C19H23F3N4O2S. The summed E-state index contributed by atoms with van der Waals surface area (Å²) in [6.07, 6.45) is 3.46. The number of halogens is 3. The second kappa shape index (κ2) is 7.58. The van der Waals surface area contributed by atoms with Crippen molar-refractivity contribution in [1.82, 2.24) is 9.88 Å². The number of aromatic nitrogens is 1. The first kappa shape index (κ1) is 21.5. The number of pyridine rings is 1. The van der Waals surface area contributed by atoms with Crippen LogP contribution in [0.1, 0.15) is 25.0 Å². The van der Waals surface area contributed by atoms with Crippen molar-refractivity contribution in [2.24, 2.45) is 5.73 Å². The molecule has 6 nitrogen and oxygen atoms in total. The molecule has 0 saturated carbocycles. The highest BCUT2D eigenvalue weighted by Gasteiger charge is 2.47. The lowest BCUT2D eigenvalue weighted by molar-refractivity contribution is -0.0436. The zero-order valence-electron chi connectivity index (χ0n) is 16.1. The second-order valence-corrected chi connectivity index (χ2v) is 9.58. The Morgan fingerprint density at radius 3 is 2.38 bits per heavy atom. The van der Waals surface area contributed by atoms with Gasteiger partial charge in [0.15, 0.2) is 0 Å². The van der Waals surface area contributed by atoms with Crippen LogP contribution < -0.4 is 10.6 Å². The number of alkyl halides is 3. The third-order valence-corrected chi connectivity index (χ3v) is 6.68. The van der Waals surface area contributed by atoms with E-state index in [1.165, 1.54) is 12.1 Å². The molecule has 0 radical (unpaired) electrons. The third-order valence-electron chi connectivity index (χ3n) is 5.18. The second-order valence-electron chi connectivity index (χ2n) is 7.64. The van der Waals surface area contributed by atoms with Crippen molar-refractivity contribution in [3.05, 3.63) is 53.9 Å². The number of sulfone groups is 1. The highest BCUT2D eigenvalue weighted by Crippen LogP contribution is 2.34. The summed E-state index contributed by atoms with van der Waals surface area (Å²) in [5, 5.41) is 0. The molecule has 1 saturated heterocycles. The van der Waals surface area contributed by atoms with E-state index in [1.807, 2.05) is 11.0 Å². The van der Waals surface area contributed by atoms with Crippen LogP contribution in [-0.4, -0.2) is 42.6 Å². The van der Waals surface area contributed by atoms with Crippen molar-refractivity contribution in [3.8, 4) is 0 Å². The standard InChI is InChI=1S/C19H23F3N4O2S/c1-18(2)12-25(13-26(18)11-14-7-8-24-10-15(14)9-23)16-3-5-17(6-4-16)29(27,28)19(20,21)22/h3-8,10H,9,11-13,23H2,1-2H3. The molecule has 1 aromatic heterocycles. The lowest BCUT2D eigenvalue weighted by Crippen LogP contribution is -2.39. The summed E-state index contributed by atoms with van der Waals surface area (Å²) in [7, 11) is -5.35. The van der Waals surface area contributed by atoms with Crippen LogP contribution in [-0.2, 0) is 22.9 Å². The molecule has 0 aliphatic carbocycles. The SMILES string of the molecule is CC1(C)CN(c2ccc(S(=O)(=O)C(F)(F)F)cc2)CN1Cc1ccncc1CN. The highest BCUT2D eigenvalue weighted by atomic mass is 32.2. The van der Waals surface area contributed by atoms with Crippen LogP contribution in [0.4, 0.5) is 18.9 Å². The zero-order valence-corrected chi connectivity index (χ0v) is 17.0. The van der Waals surface area contributed by atoms with Crippen LogP contribution in [0.2, 0.25) is 0 Å². The van der Waals surface area contributed by atoms with Crippen LogP contribution in [0, 0.1) is 0 Å². The van der Waals surface area contributed by atoms with Gasteiger partial charge in [0, 0.05) is 43.3 Å². The average molecular weight is 428 g/mol. The van der Waals surface area contributed by atoms with Crippen LogP contribution in [0.3, 0.4) is 0 Å². The van der Waals surface area contributed by atoms with Gasteiger partial charge in [0.25, 0.3) is 9.84 Å². The van der Waals surface area contributed by atoms with Crippen molar-refractivity contribution in [1.29, 1.82) is 0 Å². The van der Waals surface area contributed by atoms with Gasteiger partial charge in [-0.05, 0) is 55.3 Å². The maximum atomic E-state index is 12.7. The minimum atomic E-state index is -5.35. The predicted octanol–water partition coefficient (Wildman–Crippen LogP) is 2.89. The molecule has 158 valence electrons. The Labute approximate surface area is 168 Å². The van der Waals surface area contributed by atoms with Gasteiger partial charge in [-0.3, -0.25) is 9.88 Å². The van der Waals surface area contributed by atoms with Gasteiger partial charge in [-0.25, -0.2) is 8.42 Å². The van der Waals surface area contributed by atoms with E-state index in [9.17, 15) is 21.6 Å². The largest absolute Gasteiger partial charge is 0.501 e. The zero-order chi connectivity index (χ0) is 21.4. The first-order chi connectivity index (χ1) is 13.5. The molecule has 10 heteroatoms. The minimum Gasteiger partial charge on any atom is -0.357 e. The molecule has 1 aromatic carbocycles. The molecule has 1 fully saturated rings. The topological polar surface area (TPSA) is 79.5 Å². The molecule has 1 aliphatic heterocycles. The van der Waals surface area contributed by atoms with E-state index in [0.29, 0.717) is 32.0 Å². The van der Waals surface area contributed by atoms with Gasteiger partial charge < -0.3 is 10.6 Å². The number of benzene rings is 1. The first-order valence-electron chi connectivity index (χ1n) is 8.99. The molecule has 3 rings (SSSR count). The third kappa shape index (κ3) is 4.24. The highest BCUT2D eigenvalue weighted by molar-refractivity contribution is 7.92. The Morgan fingerprint density at radius 1 is 1.14 bits per heavy atom. The summed E-state index contributed by atoms with van der Waals surface area (Å²) in [5.74, 6) is 0. The molecular weight excluding hydrogens is 405 g/mol. The van der Waals surface area contributed by atoms with Gasteiger partial charge in [-0.1, -0.05) is 0 Å². The van der Waals surface area contributed by atoms with E-state index in [1.54, 1.807) is 12.4 Å². The molecule has 0 atom stereocenters. The molecule has 0 bridgehead atoms. The maximum Gasteiger partial charge on any atom is 0.501 e. The quantitative estimate of drug-likeness (QED) is 0.789. The van der Waals surface area contributed by atoms with Crippen molar-refractivity contribution in [2.45, 2.75) is 42.9 Å². The molecule has 0 amide bonds. The van der Waals surface area contributed by atoms with E-state index in [-0.39, 0.29) is 5.54 Å². The molecule has 0 spiro atoms. The van der Waals surface area contributed by atoms with Crippen molar-refractivity contribution >= 4 is 15.5 Å². The summed E-state index contributed by atoms with van der Waals surface area (Å²) < 4.78 is 61.3. The van der Waals surface area contributed by atoms with Crippen LogP contribution in [0.15, 0.2) is 47.6 Å². The molecule has 1 aliphatic rings. The fraction of sp³-hybridized carbons (Fsp3) is 0.421.